The van der Waals surface area contributed by atoms with Gasteiger partial charge in [0.25, 0.3) is 5.91 Å². The fourth-order valence-corrected chi connectivity index (χ4v) is 3.06. The molecule has 3 rings (SSSR count). The van der Waals surface area contributed by atoms with E-state index in [0.29, 0.717) is 48.4 Å². The Balaban J connectivity index is 1.73. The topological polar surface area (TPSA) is 105 Å². The van der Waals surface area contributed by atoms with Gasteiger partial charge in [0.2, 0.25) is 0 Å². The van der Waals surface area contributed by atoms with E-state index in [-0.39, 0.29) is 17.9 Å². The van der Waals surface area contributed by atoms with Gasteiger partial charge in [-0.3, -0.25) is 14.6 Å². The van der Waals surface area contributed by atoms with Crippen molar-refractivity contribution in [1.82, 2.24) is 15.5 Å². The number of carboxylic acid groups (broad SMARTS) is 1. The second kappa shape index (κ2) is 6.82. The van der Waals surface area contributed by atoms with E-state index in [1.165, 1.54) is 0 Å². The van der Waals surface area contributed by atoms with Crippen molar-refractivity contribution in [3.63, 3.8) is 0 Å². The maximum absolute atomic E-state index is 12.6. The van der Waals surface area contributed by atoms with Crippen molar-refractivity contribution in [2.75, 3.05) is 0 Å². The Morgan fingerprint density at radius 1 is 1.25 bits per heavy atom. The number of hydrogen-bond donors (Lipinski definition) is 2. The molecule has 1 saturated carbocycles. The van der Waals surface area contributed by atoms with Gasteiger partial charge in [0.15, 0.2) is 0 Å². The number of carbonyl (C=O) groups excluding carboxylic acids is 1. The van der Waals surface area contributed by atoms with Gasteiger partial charge >= 0.3 is 5.97 Å². The lowest BCUT2D eigenvalue weighted by molar-refractivity contribution is -0.142. The first kappa shape index (κ1) is 16.2. The van der Waals surface area contributed by atoms with Crippen molar-refractivity contribution in [3.8, 4) is 11.4 Å². The molecule has 24 heavy (non-hydrogen) atoms. The van der Waals surface area contributed by atoms with Crippen molar-refractivity contribution < 1.29 is 19.2 Å². The summed E-state index contributed by atoms with van der Waals surface area (Å²) in [5.41, 5.74) is 1.38. The Labute approximate surface area is 139 Å². The number of pyridine rings is 1. The summed E-state index contributed by atoms with van der Waals surface area (Å²) in [6.07, 6.45) is 4.11. The largest absolute Gasteiger partial charge is 0.481 e. The highest BCUT2D eigenvalue weighted by Gasteiger charge is 2.29. The van der Waals surface area contributed by atoms with E-state index < -0.39 is 5.97 Å². The molecule has 2 aromatic rings. The lowest BCUT2D eigenvalue weighted by Crippen LogP contribution is -2.39. The van der Waals surface area contributed by atoms with E-state index in [2.05, 4.69) is 15.5 Å². The quantitative estimate of drug-likeness (QED) is 0.892. The fourth-order valence-electron chi connectivity index (χ4n) is 3.06. The zero-order chi connectivity index (χ0) is 17.1. The Hall–Kier alpha value is -2.70. The smallest absolute Gasteiger partial charge is 0.306 e. The molecular formula is C17H19N3O4. The zero-order valence-corrected chi connectivity index (χ0v) is 13.4. The van der Waals surface area contributed by atoms with Gasteiger partial charge in [-0.15, -0.1) is 0 Å². The molecule has 0 spiro atoms. The number of aliphatic carboxylic acids is 1. The van der Waals surface area contributed by atoms with Gasteiger partial charge in [0.05, 0.1) is 11.6 Å². The van der Waals surface area contributed by atoms with Crippen molar-refractivity contribution in [1.29, 1.82) is 0 Å². The third-order valence-corrected chi connectivity index (χ3v) is 4.41. The predicted octanol–water partition coefficient (Wildman–Crippen LogP) is 2.42. The van der Waals surface area contributed by atoms with Gasteiger partial charge in [-0.1, -0.05) is 11.2 Å². The molecule has 0 unspecified atom stereocenters. The highest BCUT2D eigenvalue weighted by Crippen LogP contribution is 2.27. The number of carboxylic acids is 1. The third kappa shape index (κ3) is 3.29. The molecule has 0 radical (unpaired) electrons. The summed E-state index contributed by atoms with van der Waals surface area (Å²) in [6, 6.07) is 5.35. The van der Waals surface area contributed by atoms with Crippen molar-refractivity contribution in [2.24, 2.45) is 5.92 Å². The first-order valence-corrected chi connectivity index (χ1v) is 7.97. The van der Waals surface area contributed by atoms with Crippen molar-refractivity contribution in [2.45, 2.75) is 38.6 Å². The molecule has 7 nitrogen and oxygen atoms in total. The molecule has 126 valence electrons. The maximum atomic E-state index is 12.6. The first-order chi connectivity index (χ1) is 11.6. The summed E-state index contributed by atoms with van der Waals surface area (Å²) in [4.78, 5) is 27.9. The van der Waals surface area contributed by atoms with Gasteiger partial charge < -0.3 is 14.9 Å². The molecule has 1 aliphatic rings. The van der Waals surface area contributed by atoms with E-state index >= 15 is 0 Å². The van der Waals surface area contributed by atoms with Crippen LogP contribution in [0, 0.1) is 12.8 Å². The van der Waals surface area contributed by atoms with Crippen molar-refractivity contribution >= 4 is 11.9 Å². The maximum Gasteiger partial charge on any atom is 0.306 e. The standard InChI is InChI=1S/C17H19N3O4/c1-10-14(15(20-24-10)13-4-2-3-9-18-13)16(21)19-12-7-5-11(6-8-12)17(22)23/h2-4,9,11-12H,5-8H2,1H3,(H,19,21)(H,22,23). The molecule has 0 saturated heterocycles. The Kier molecular flexibility index (Phi) is 4.59. The van der Waals surface area contributed by atoms with Gasteiger partial charge in [0.1, 0.15) is 17.0 Å². The Morgan fingerprint density at radius 2 is 2.00 bits per heavy atom. The third-order valence-electron chi connectivity index (χ3n) is 4.41. The van der Waals surface area contributed by atoms with E-state index in [9.17, 15) is 9.59 Å². The lowest BCUT2D eigenvalue weighted by atomic mass is 9.86. The Bertz CT molecular complexity index is 734. The Morgan fingerprint density at radius 3 is 2.62 bits per heavy atom. The molecule has 0 aliphatic heterocycles. The summed E-state index contributed by atoms with van der Waals surface area (Å²) < 4.78 is 5.18. The molecule has 2 N–H and O–H groups in total. The van der Waals surface area contributed by atoms with E-state index in [0.717, 1.165) is 0 Å². The summed E-state index contributed by atoms with van der Waals surface area (Å²) >= 11 is 0. The molecule has 1 fully saturated rings. The first-order valence-electron chi connectivity index (χ1n) is 7.97. The number of aromatic nitrogens is 2. The minimum absolute atomic E-state index is 0.0287. The van der Waals surface area contributed by atoms with E-state index in [4.69, 9.17) is 9.63 Å². The minimum atomic E-state index is -0.757. The number of aryl methyl sites for hydroxylation is 1. The minimum Gasteiger partial charge on any atom is -0.481 e. The molecule has 0 atom stereocenters. The molecule has 7 heteroatoms. The molecule has 0 bridgehead atoms. The number of nitrogens with zero attached hydrogens (tertiary/aromatic N) is 2. The van der Waals surface area contributed by atoms with Crippen LogP contribution < -0.4 is 5.32 Å². The van der Waals surface area contributed by atoms with E-state index in [1.54, 1.807) is 25.3 Å². The van der Waals surface area contributed by atoms with Gasteiger partial charge in [-0.2, -0.15) is 0 Å². The number of hydrogen-bond acceptors (Lipinski definition) is 5. The number of nitrogens with one attached hydrogen (secondary N) is 1. The predicted molar refractivity (Wildman–Crippen MR) is 85.3 cm³/mol. The zero-order valence-electron chi connectivity index (χ0n) is 13.4. The summed E-state index contributed by atoms with van der Waals surface area (Å²) in [7, 11) is 0. The molecule has 1 amide bonds. The van der Waals surface area contributed by atoms with Crippen LogP contribution in [0.25, 0.3) is 11.4 Å². The van der Waals surface area contributed by atoms with E-state index in [1.807, 2.05) is 6.07 Å². The van der Waals surface area contributed by atoms with Gasteiger partial charge in [-0.05, 0) is 44.7 Å². The van der Waals surface area contributed by atoms with Crippen LogP contribution >= 0.6 is 0 Å². The number of rotatable bonds is 4. The summed E-state index contributed by atoms with van der Waals surface area (Å²) in [5, 5.41) is 16.0. The van der Waals surface area contributed by atoms with Crippen LogP contribution in [0.4, 0.5) is 0 Å². The fraction of sp³-hybridized carbons (Fsp3) is 0.412. The van der Waals surface area contributed by atoms with Crippen molar-refractivity contribution in [3.05, 3.63) is 35.7 Å². The number of carbonyl (C=O) groups is 2. The lowest BCUT2D eigenvalue weighted by Gasteiger charge is -2.26. The summed E-state index contributed by atoms with van der Waals surface area (Å²) in [6.45, 7) is 1.69. The second-order valence-electron chi connectivity index (χ2n) is 6.04. The number of amides is 1. The van der Waals surface area contributed by atoms with Crippen LogP contribution in [0.1, 0.15) is 41.8 Å². The normalized spacial score (nSPS) is 20.5. The highest BCUT2D eigenvalue weighted by atomic mass is 16.5. The van der Waals surface area contributed by atoms with Gasteiger partial charge in [0, 0.05) is 12.2 Å². The molecule has 2 aromatic heterocycles. The average molecular weight is 329 g/mol. The molecular weight excluding hydrogens is 310 g/mol. The molecule has 2 heterocycles. The van der Waals surface area contributed by atoms with Gasteiger partial charge in [-0.25, -0.2) is 0 Å². The highest BCUT2D eigenvalue weighted by molar-refractivity contribution is 6.00. The average Bonchev–Trinajstić information content (AvgIpc) is 2.98. The van der Waals surface area contributed by atoms with Crippen LogP contribution in [-0.2, 0) is 4.79 Å². The van der Waals surface area contributed by atoms with Crippen LogP contribution in [0.2, 0.25) is 0 Å². The monoisotopic (exact) mass is 329 g/mol. The van der Waals surface area contributed by atoms with Crippen LogP contribution in [0.5, 0.6) is 0 Å². The second-order valence-corrected chi connectivity index (χ2v) is 6.04. The SMILES string of the molecule is Cc1onc(-c2ccccn2)c1C(=O)NC1CCC(C(=O)O)CC1. The molecule has 0 aromatic carbocycles. The summed E-state index contributed by atoms with van der Waals surface area (Å²) in [5.74, 6) is -0.882. The van der Waals surface area contributed by atoms with Crippen LogP contribution in [0.3, 0.4) is 0 Å². The molecule has 1 aliphatic carbocycles. The van der Waals surface area contributed by atoms with Crippen LogP contribution in [0.15, 0.2) is 28.9 Å². The van der Waals surface area contributed by atoms with Crippen LogP contribution in [-0.4, -0.2) is 33.2 Å².